The van der Waals surface area contributed by atoms with E-state index in [1.54, 1.807) is 18.2 Å². The van der Waals surface area contributed by atoms with Crippen molar-refractivity contribution in [3.05, 3.63) is 47.5 Å². The summed E-state index contributed by atoms with van der Waals surface area (Å²) >= 11 is 0. The predicted molar refractivity (Wildman–Crippen MR) is 94.9 cm³/mol. The summed E-state index contributed by atoms with van der Waals surface area (Å²) in [5, 5.41) is 0.653. The van der Waals surface area contributed by atoms with Crippen molar-refractivity contribution in [2.75, 3.05) is 20.3 Å². The molecule has 1 aliphatic rings. The SMILES string of the molecule is COC(=O)c1ccc2c3c(C(F)(F)F)cccc3n(C3CCOCC3)c2c1. The van der Waals surface area contributed by atoms with E-state index in [4.69, 9.17) is 9.47 Å². The van der Waals surface area contributed by atoms with E-state index in [-0.39, 0.29) is 11.4 Å². The van der Waals surface area contributed by atoms with Gasteiger partial charge in [0, 0.05) is 35.5 Å². The minimum Gasteiger partial charge on any atom is -0.465 e. The highest BCUT2D eigenvalue weighted by atomic mass is 19.4. The van der Waals surface area contributed by atoms with Crippen LogP contribution in [-0.4, -0.2) is 30.9 Å². The largest absolute Gasteiger partial charge is 0.465 e. The van der Waals surface area contributed by atoms with E-state index < -0.39 is 17.7 Å². The molecule has 1 fully saturated rings. The van der Waals surface area contributed by atoms with E-state index in [0.29, 0.717) is 48.0 Å². The lowest BCUT2D eigenvalue weighted by molar-refractivity contribution is -0.136. The van der Waals surface area contributed by atoms with Crippen molar-refractivity contribution in [3.63, 3.8) is 0 Å². The molecule has 2 aromatic carbocycles. The molecule has 1 aromatic heterocycles. The lowest BCUT2D eigenvalue weighted by Crippen LogP contribution is -2.19. The first-order chi connectivity index (χ1) is 12.9. The van der Waals surface area contributed by atoms with Gasteiger partial charge in [0.2, 0.25) is 0 Å². The van der Waals surface area contributed by atoms with Gasteiger partial charge < -0.3 is 14.0 Å². The third-order valence-corrected chi connectivity index (χ3v) is 5.11. The molecule has 1 aliphatic heterocycles. The molecule has 0 amide bonds. The Labute approximate surface area is 153 Å². The van der Waals surface area contributed by atoms with Gasteiger partial charge in [0.25, 0.3) is 0 Å². The van der Waals surface area contributed by atoms with Crippen LogP contribution < -0.4 is 0 Å². The third-order valence-electron chi connectivity index (χ3n) is 5.11. The number of carbonyl (C=O) groups is 1. The number of rotatable bonds is 2. The van der Waals surface area contributed by atoms with Crippen molar-refractivity contribution in [3.8, 4) is 0 Å². The molecule has 0 radical (unpaired) electrons. The number of hydrogen-bond acceptors (Lipinski definition) is 3. The van der Waals surface area contributed by atoms with Gasteiger partial charge in [0.1, 0.15) is 0 Å². The maximum absolute atomic E-state index is 13.7. The molecule has 0 unspecified atom stereocenters. The summed E-state index contributed by atoms with van der Waals surface area (Å²) in [6.45, 7) is 1.11. The molecule has 2 heterocycles. The first kappa shape index (κ1) is 17.9. The number of aromatic nitrogens is 1. The molecule has 7 heteroatoms. The average Bonchev–Trinajstić information content (AvgIpc) is 3.00. The topological polar surface area (TPSA) is 40.5 Å². The zero-order chi connectivity index (χ0) is 19.2. The van der Waals surface area contributed by atoms with Gasteiger partial charge in [0.15, 0.2) is 0 Å². The molecule has 0 saturated carbocycles. The van der Waals surface area contributed by atoms with Crippen LogP contribution >= 0.6 is 0 Å². The van der Waals surface area contributed by atoms with E-state index in [9.17, 15) is 18.0 Å². The second kappa shape index (κ2) is 6.56. The Morgan fingerprint density at radius 2 is 1.89 bits per heavy atom. The summed E-state index contributed by atoms with van der Waals surface area (Å²) in [6, 6.07) is 8.96. The van der Waals surface area contributed by atoms with Crippen LogP contribution in [0, 0.1) is 0 Å². The lowest BCUT2D eigenvalue weighted by Gasteiger charge is -2.25. The number of nitrogens with zero attached hydrogens (tertiary/aromatic N) is 1. The lowest BCUT2D eigenvalue weighted by atomic mass is 10.0. The first-order valence-electron chi connectivity index (χ1n) is 8.71. The van der Waals surface area contributed by atoms with Gasteiger partial charge >= 0.3 is 12.1 Å². The summed E-state index contributed by atoms with van der Waals surface area (Å²) < 4.78 is 53.1. The summed E-state index contributed by atoms with van der Waals surface area (Å²) in [5.41, 5.74) is 0.779. The predicted octanol–water partition coefficient (Wildman–Crippen LogP) is 4.95. The van der Waals surface area contributed by atoms with Crippen molar-refractivity contribution in [2.24, 2.45) is 0 Å². The quantitative estimate of drug-likeness (QED) is 0.593. The van der Waals surface area contributed by atoms with Crippen molar-refractivity contribution in [1.82, 2.24) is 4.57 Å². The average molecular weight is 377 g/mol. The fourth-order valence-electron chi connectivity index (χ4n) is 3.91. The number of fused-ring (bicyclic) bond motifs is 3. The smallest absolute Gasteiger partial charge is 0.417 e. The monoisotopic (exact) mass is 377 g/mol. The molecule has 3 aromatic rings. The molecule has 27 heavy (non-hydrogen) atoms. The summed E-state index contributed by atoms with van der Waals surface area (Å²) in [5.74, 6) is -0.517. The van der Waals surface area contributed by atoms with E-state index in [2.05, 4.69) is 0 Å². The number of benzene rings is 2. The van der Waals surface area contributed by atoms with Gasteiger partial charge in [-0.3, -0.25) is 0 Å². The van der Waals surface area contributed by atoms with Gasteiger partial charge in [-0.25, -0.2) is 4.79 Å². The van der Waals surface area contributed by atoms with Crippen LogP contribution in [0.1, 0.15) is 34.8 Å². The number of hydrogen-bond donors (Lipinski definition) is 0. The molecule has 4 rings (SSSR count). The number of halogens is 3. The highest BCUT2D eigenvalue weighted by Gasteiger charge is 2.35. The van der Waals surface area contributed by atoms with Crippen LogP contribution in [0.2, 0.25) is 0 Å². The van der Waals surface area contributed by atoms with Crippen LogP contribution in [-0.2, 0) is 15.7 Å². The summed E-state index contributed by atoms with van der Waals surface area (Å²) in [7, 11) is 1.28. The minimum absolute atomic E-state index is 0.00938. The van der Waals surface area contributed by atoms with Gasteiger partial charge in [-0.2, -0.15) is 13.2 Å². The number of esters is 1. The van der Waals surface area contributed by atoms with E-state index >= 15 is 0 Å². The van der Waals surface area contributed by atoms with Crippen molar-refractivity contribution in [2.45, 2.75) is 25.1 Å². The molecule has 1 saturated heterocycles. The van der Waals surface area contributed by atoms with Gasteiger partial charge in [-0.1, -0.05) is 12.1 Å². The standard InChI is InChI=1S/C20H18F3NO3/c1-26-19(25)12-5-6-14-17(11-12)24(13-7-9-27-10-8-13)16-4-2-3-15(18(14)16)20(21,22)23/h2-6,11,13H,7-10H2,1H3. The number of ether oxygens (including phenoxy) is 2. The Kier molecular flexibility index (Phi) is 4.34. The van der Waals surface area contributed by atoms with Crippen LogP contribution in [0.5, 0.6) is 0 Å². The molecule has 0 bridgehead atoms. The molecule has 4 nitrogen and oxygen atoms in total. The maximum Gasteiger partial charge on any atom is 0.417 e. The molecular formula is C20H18F3NO3. The highest BCUT2D eigenvalue weighted by molar-refractivity contribution is 6.11. The molecular weight excluding hydrogens is 359 g/mol. The Morgan fingerprint density at radius 3 is 2.56 bits per heavy atom. The minimum atomic E-state index is -4.46. The Morgan fingerprint density at radius 1 is 1.15 bits per heavy atom. The summed E-state index contributed by atoms with van der Waals surface area (Å²) in [6.07, 6.45) is -3.05. The van der Waals surface area contributed by atoms with Gasteiger partial charge in [-0.05, 0) is 37.1 Å². The van der Waals surface area contributed by atoms with Crippen molar-refractivity contribution >= 4 is 27.8 Å². The van der Waals surface area contributed by atoms with Crippen LogP contribution in [0.3, 0.4) is 0 Å². The van der Waals surface area contributed by atoms with Crippen molar-refractivity contribution < 1.29 is 27.4 Å². The number of methoxy groups -OCH3 is 1. The Bertz CT molecular complexity index is 1020. The maximum atomic E-state index is 13.7. The molecule has 0 N–H and O–H groups in total. The second-order valence-electron chi connectivity index (χ2n) is 6.63. The van der Waals surface area contributed by atoms with Crippen molar-refractivity contribution in [1.29, 1.82) is 0 Å². The number of alkyl halides is 3. The first-order valence-corrected chi connectivity index (χ1v) is 8.71. The van der Waals surface area contributed by atoms with Gasteiger partial charge in [-0.15, -0.1) is 0 Å². The van der Waals surface area contributed by atoms with Crippen LogP contribution in [0.15, 0.2) is 36.4 Å². The summed E-state index contributed by atoms with van der Waals surface area (Å²) in [4.78, 5) is 12.0. The van der Waals surface area contributed by atoms with Crippen LogP contribution in [0.4, 0.5) is 13.2 Å². The Balaban J connectivity index is 2.08. The van der Waals surface area contributed by atoms with Gasteiger partial charge in [0.05, 0.1) is 23.8 Å². The third kappa shape index (κ3) is 2.96. The normalized spacial score (nSPS) is 16.1. The van der Waals surface area contributed by atoms with Crippen LogP contribution in [0.25, 0.3) is 21.8 Å². The fourth-order valence-corrected chi connectivity index (χ4v) is 3.91. The van der Waals surface area contributed by atoms with E-state index in [1.807, 2.05) is 4.57 Å². The molecule has 0 aliphatic carbocycles. The second-order valence-corrected chi connectivity index (χ2v) is 6.63. The zero-order valence-electron chi connectivity index (χ0n) is 14.7. The molecule has 142 valence electrons. The zero-order valence-corrected chi connectivity index (χ0v) is 14.7. The fraction of sp³-hybridized carbons (Fsp3) is 0.350. The Hall–Kier alpha value is -2.54. The highest BCUT2D eigenvalue weighted by Crippen LogP contribution is 2.42. The van der Waals surface area contributed by atoms with E-state index in [0.717, 1.165) is 6.07 Å². The molecule has 0 spiro atoms. The van der Waals surface area contributed by atoms with E-state index in [1.165, 1.54) is 19.2 Å². The number of carbonyl (C=O) groups excluding carboxylic acids is 1. The molecule has 0 atom stereocenters.